The fraction of sp³-hybridized carbons (Fsp3) is 0.444. The number of H-pyrrole nitrogens is 1. The Labute approximate surface area is 135 Å². The molecule has 23 heavy (non-hydrogen) atoms. The van der Waals surface area contributed by atoms with E-state index in [-0.39, 0.29) is 17.6 Å². The standard InChI is InChI=1S/C18H22FN3O/c1-4-12-8-14(16(19)17-15(12)9-20-21-17)13-6-5-7-22(10-13)18(23)11(2)3/h6,8-9,11H,4-5,7,10H2,1-3H3,(H,20,21). The van der Waals surface area contributed by atoms with Crippen LogP contribution in [0.1, 0.15) is 38.3 Å². The van der Waals surface area contributed by atoms with E-state index in [4.69, 9.17) is 0 Å². The molecule has 5 heteroatoms. The summed E-state index contributed by atoms with van der Waals surface area (Å²) in [6.07, 6.45) is 5.29. The van der Waals surface area contributed by atoms with Crippen LogP contribution in [0.2, 0.25) is 0 Å². The lowest BCUT2D eigenvalue weighted by Crippen LogP contribution is -2.38. The molecule has 0 atom stereocenters. The number of hydrogen-bond acceptors (Lipinski definition) is 2. The van der Waals surface area contributed by atoms with Crippen LogP contribution in [0.15, 0.2) is 18.3 Å². The number of amides is 1. The van der Waals surface area contributed by atoms with Gasteiger partial charge >= 0.3 is 0 Å². The lowest BCUT2D eigenvalue weighted by Gasteiger charge is -2.29. The molecule has 2 heterocycles. The summed E-state index contributed by atoms with van der Waals surface area (Å²) in [4.78, 5) is 14.1. The number of nitrogens with zero attached hydrogens (tertiary/aromatic N) is 2. The normalized spacial score (nSPS) is 15.3. The van der Waals surface area contributed by atoms with Crippen molar-refractivity contribution in [2.45, 2.75) is 33.6 Å². The number of halogens is 1. The third-order valence-corrected chi connectivity index (χ3v) is 4.44. The molecule has 0 aliphatic carbocycles. The summed E-state index contributed by atoms with van der Waals surface area (Å²) in [5, 5.41) is 7.57. The highest BCUT2D eigenvalue weighted by Crippen LogP contribution is 2.30. The fourth-order valence-electron chi connectivity index (χ4n) is 3.17. The Morgan fingerprint density at radius 3 is 2.96 bits per heavy atom. The van der Waals surface area contributed by atoms with Crippen LogP contribution in [0.5, 0.6) is 0 Å². The van der Waals surface area contributed by atoms with Crippen LogP contribution in [-0.2, 0) is 11.2 Å². The number of aromatic amines is 1. The molecule has 1 aromatic heterocycles. The van der Waals surface area contributed by atoms with E-state index in [2.05, 4.69) is 10.2 Å². The molecule has 0 unspecified atom stereocenters. The molecule has 3 rings (SSSR count). The second-order valence-corrected chi connectivity index (χ2v) is 6.34. The van der Waals surface area contributed by atoms with Crippen LogP contribution in [0.4, 0.5) is 4.39 Å². The first kappa shape index (κ1) is 15.7. The predicted octanol–water partition coefficient (Wildman–Crippen LogP) is 3.54. The first-order valence-corrected chi connectivity index (χ1v) is 8.15. The van der Waals surface area contributed by atoms with Crippen molar-refractivity contribution < 1.29 is 9.18 Å². The molecular formula is C18H22FN3O. The smallest absolute Gasteiger partial charge is 0.225 e. The minimum absolute atomic E-state index is 0.0412. The topological polar surface area (TPSA) is 49.0 Å². The van der Waals surface area contributed by atoms with Crippen molar-refractivity contribution >= 4 is 22.4 Å². The number of fused-ring (bicyclic) bond motifs is 1. The number of nitrogens with one attached hydrogen (secondary N) is 1. The SMILES string of the molecule is CCc1cc(C2=CCCN(C(=O)C(C)C)C2)c(F)c2[nH]ncc12. The van der Waals surface area contributed by atoms with Gasteiger partial charge in [0.2, 0.25) is 5.91 Å². The van der Waals surface area contributed by atoms with E-state index in [1.54, 1.807) is 6.20 Å². The quantitative estimate of drug-likeness (QED) is 0.942. The molecule has 0 saturated carbocycles. The van der Waals surface area contributed by atoms with E-state index in [9.17, 15) is 9.18 Å². The highest BCUT2D eigenvalue weighted by atomic mass is 19.1. The Bertz CT molecular complexity index is 776. The average molecular weight is 315 g/mol. The van der Waals surface area contributed by atoms with Gasteiger partial charge in [-0.05, 0) is 30.0 Å². The van der Waals surface area contributed by atoms with Gasteiger partial charge in [0, 0.05) is 30.0 Å². The fourth-order valence-corrected chi connectivity index (χ4v) is 3.17. The first-order chi connectivity index (χ1) is 11.0. The molecule has 1 N–H and O–H groups in total. The van der Waals surface area contributed by atoms with Gasteiger partial charge in [0.05, 0.1) is 6.20 Å². The molecule has 2 aromatic rings. The summed E-state index contributed by atoms with van der Waals surface area (Å²) < 4.78 is 14.9. The minimum atomic E-state index is -0.278. The Balaban J connectivity index is 2.01. The number of rotatable bonds is 3. The molecule has 1 aliphatic heterocycles. The Morgan fingerprint density at radius 1 is 1.48 bits per heavy atom. The van der Waals surface area contributed by atoms with Gasteiger partial charge in [-0.25, -0.2) is 4.39 Å². The van der Waals surface area contributed by atoms with Gasteiger partial charge in [0.25, 0.3) is 0 Å². The number of aromatic nitrogens is 2. The minimum Gasteiger partial charge on any atom is -0.338 e. The summed E-state index contributed by atoms with van der Waals surface area (Å²) in [5.74, 6) is -0.199. The maximum absolute atomic E-state index is 14.9. The number of hydrogen-bond donors (Lipinski definition) is 1. The molecular weight excluding hydrogens is 293 g/mol. The number of benzene rings is 1. The lowest BCUT2D eigenvalue weighted by molar-refractivity contribution is -0.133. The second kappa shape index (κ2) is 6.14. The van der Waals surface area contributed by atoms with Gasteiger partial charge in [-0.3, -0.25) is 9.89 Å². The molecule has 0 spiro atoms. The predicted molar refractivity (Wildman–Crippen MR) is 89.4 cm³/mol. The molecule has 1 aliphatic rings. The van der Waals surface area contributed by atoms with Crippen LogP contribution in [-0.4, -0.2) is 34.1 Å². The Morgan fingerprint density at radius 2 is 2.26 bits per heavy atom. The van der Waals surface area contributed by atoms with E-state index in [1.165, 1.54) is 0 Å². The zero-order valence-corrected chi connectivity index (χ0v) is 13.8. The highest BCUT2D eigenvalue weighted by Gasteiger charge is 2.24. The van der Waals surface area contributed by atoms with Gasteiger partial charge in [-0.15, -0.1) is 0 Å². The largest absolute Gasteiger partial charge is 0.338 e. The van der Waals surface area contributed by atoms with Crippen molar-refractivity contribution in [3.8, 4) is 0 Å². The van der Waals surface area contributed by atoms with E-state index in [0.29, 0.717) is 24.2 Å². The molecule has 0 fully saturated rings. The van der Waals surface area contributed by atoms with E-state index >= 15 is 0 Å². The van der Waals surface area contributed by atoms with Crippen molar-refractivity contribution in [2.24, 2.45) is 5.92 Å². The van der Waals surface area contributed by atoms with Crippen LogP contribution in [0.3, 0.4) is 0 Å². The van der Waals surface area contributed by atoms with Crippen molar-refractivity contribution in [2.75, 3.05) is 13.1 Å². The Kier molecular flexibility index (Phi) is 4.20. The molecule has 0 bridgehead atoms. The number of carbonyl (C=O) groups is 1. The summed E-state index contributed by atoms with van der Waals surface area (Å²) >= 11 is 0. The van der Waals surface area contributed by atoms with Crippen molar-refractivity contribution in [1.29, 1.82) is 0 Å². The van der Waals surface area contributed by atoms with Gasteiger partial charge in [0.1, 0.15) is 5.52 Å². The first-order valence-electron chi connectivity index (χ1n) is 8.15. The molecule has 1 amide bonds. The van der Waals surface area contributed by atoms with Crippen LogP contribution in [0.25, 0.3) is 16.5 Å². The molecule has 4 nitrogen and oxygen atoms in total. The van der Waals surface area contributed by atoms with Gasteiger partial charge in [-0.2, -0.15) is 5.10 Å². The van der Waals surface area contributed by atoms with Crippen molar-refractivity contribution in [1.82, 2.24) is 15.1 Å². The lowest BCUT2D eigenvalue weighted by atomic mass is 9.95. The monoisotopic (exact) mass is 315 g/mol. The van der Waals surface area contributed by atoms with E-state index < -0.39 is 0 Å². The second-order valence-electron chi connectivity index (χ2n) is 6.34. The summed E-state index contributed by atoms with van der Waals surface area (Å²) in [5.41, 5.74) is 2.99. The third kappa shape index (κ3) is 2.76. The van der Waals surface area contributed by atoms with Crippen LogP contribution >= 0.6 is 0 Å². The number of carbonyl (C=O) groups excluding carboxylic acids is 1. The van der Waals surface area contributed by atoms with Gasteiger partial charge < -0.3 is 4.90 Å². The molecule has 0 radical (unpaired) electrons. The molecule has 122 valence electrons. The molecule has 1 aromatic carbocycles. The van der Waals surface area contributed by atoms with E-state index in [1.807, 2.05) is 37.8 Å². The zero-order valence-electron chi connectivity index (χ0n) is 13.8. The van der Waals surface area contributed by atoms with Crippen molar-refractivity contribution in [3.05, 3.63) is 35.3 Å². The zero-order chi connectivity index (χ0) is 16.6. The molecule has 0 saturated heterocycles. The van der Waals surface area contributed by atoms with Gasteiger partial charge in [-0.1, -0.05) is 26.8 Å². The maximum Gasteiger partial charge on any atom is 0.225 e. The average Bonchev–Trinajstić information content (AvgIpc) is 3.05. The van der Waals surface area contributed by atoms with Crippen LogP contribution in [0, 0.1) is 11.7 Å². The highest BCUT2D eigenvalue weighted by molar-refractivity contribution is 5.88. The van der Waals surface area contributed by atoms with E-state index in [0.717, 1.165) is 29.4 Å². The summed E-state index contributed by atoms with van der Waals surface area (Å²) in [6, 6.07) is 1.91. The van der Waals surface area contributed by atoms with Gasteiger partial charge in [0.15, 0.2) is 5.82 Å². The maximum atomic E-state index is 14.9. The van der Waals surface area contributed by atoms with Crippen molar-refractivity contribution in [3.63, 3.8) is 0 Å². The summed E-state index contributed by atoms with van der Waals surface area (Å²) in [6.45, 7) is 7.01. The summed E-state index contributed by atoms with van der Waals surface area (Å²) in [7, 11) is 0. The Hall–Kier alpha value is -2.17. The van der Waals surface area contributed by atoms with Crippen LogP contribution < -0.4 is 0 Å². The number of aryl methyl sites for hydroxylation is 1. The third-order valence-electron chi connectivity index (χ3n) is 4.44.